The highest BCUT2D eigenvalue weighted by Gasteiger charge is 2.51. The molecule has 0 bridgehead atoms. The summed E-state index contributed by atoms with van der Waals surface area (Å²) in [6.07, 6.45) is -5.97. The van der Waals surface area contributed by atoms with E-state index in [0.717, 1.165) is 17.0 Å². The van der Waals surface area contributed by atoms with E-state index in [1.54, 1.807) is 13.1 Å². The highest BCUT2D eigenvalue weighted by Crippen LogP contribution is 2.37. The minimum atomic E-state index is -5.34. The molecular weight excluding hydrogens is 793 g/mol. The lowest BCUT2D eigenvalue weighted by atomic mass is 9.98. The van der Waals surface area contributed by atoms with Crippen molar-refractivity contribution in [1.29, 1.82) is 0 Å². The Bertz CT molecular complexity index is 1840. The van der Waals surface area contributed by atoms with Gasteiger partial charge in [-0.25, -0.2) is 8.42 Å². The summed E-state index contributed by atoms with van der Waals surface area (Å²) in [4.78, 5) is 54.5. The Morgan fingerprint density at radius 2 is 1.58 bits per heavy atom. The number of halogens is 6. The molecule has 0 radical (unpaired) electrons. The number of likely N-dealkylation sites (tertiary alicyclic amines) is 1. The summed E-state index contributed by atoms with van der Waals surface area (Å²) in [6, 6.07) is 4.47. The van der Waals surface area contributed by atoms with Crippen molar-refractivity contribution in [3.05, 3.63) is 64.7 Å². The molecule has 0 unspecified atom stereocenters. The fraction of sp³-hybridized carbons (Fsp3) is 0.556. The molecule has 1 heterocycles. The average Bonchev–Trinajstić information content (AvgIpc) is 3.54. The fourth-order valence-electron chi connectivity index (χ4n) is 5.53. The van der Waals surface area contributed by atoms with Gasteiger partial charge in [0.25, 0.3) is 11.7 Å². The standard InChI is InChI=1S/C36H47ClF5N3O8SSi/c1-21(2)29(30(46)36(40,41)42)44-31(47)28-17-26(54(50,51)20-22-12-14-25(52-6)15-13-22)18-45(28)32(48)27(19-53-55(7,8)34(3,4)5)43-33(49)35(38,39)23-10-9-11-24(37)16-23/h9-16,21,26-29H,17-20H2,1-8H3,(H,43,49)(H,44,47)/t26-,27+,28+,29+/m1/s1. The van der Waals surface area contributed by atoms with Gasteiger partial charge in [-0.2, -0.15) is 22.0 Å². The average molecular weight is 840 g/mol. The summed E-state index contributed by atoms with van der Waals surface area (Å²) in [5.74, 6) is -12.2. The number of methoxy groups -OCH3 is 1. The molecule has 1 fully saturated rings. The van der Waals surface area contributed by atoms with Crippen LogP contribution in [0.25, 0.3) is 0 Å². The normalized spacial score (nSPS) is 18.1. The molecule has 0 saturated carbocycles. The lowest BCUT2D eigenvalue weighted by Gasteiger charge is -2.38. The van der Waals surface area contributed by atoms with E-state index in [0.29, 0.717) is 11.3 Å². The molecule has 0 aliphatic carbocycles. The molecule has 2 aromatic rings. The summed E-state index contributed by atoms with van der Waals surface area (Å²) < 4.78 is 111. The van der Waals surface area contributed by atoms with Gasteiger partial charge in [-0.15, -0.1) is 0 Å². The van der Waals surface area contributed by atoms with Crippen molar-refractivity contribution >= 4 is 53.3 Å². The summed E-state index contributed by atoms with van der Waals surface area (Å²) in [7, 11) is -5.58. The number of Topliss-reactive ketones (excluding diaryl/α,β-unsaturated/α-hetero) is 1. The Morgan fingerprint density at radius 1 is 0.982 bits per heavy atom. The van der Waals surface area contributed by atoms with E-state index in [-0.39, 0.29) is 5.02 Å². The largest absolute Gasteiger partial charge is 0.497 e. The second kappa shape index (κ2) is 17.3. The van der Waals surface area contributed by atoms with Crippen LogP contribution in [0.5, 0.6) is 5.75 Å². The Balaban J connectivity index is 2.08. The summed E-state index contributed by atoms with van der Waals surface area (Å²) >= 11 is 5.88. The third kappa shape index (κ3) is 11.3. The van der Waals surface area contributed by atoms with Crippen LogP contribution in [0.4, 0.5) is 22.0 Å². The predicted octanol–water partition coefficient (Wildman–Crippen LogP) is 5.80. The van der Waals surface area contributed by atoms with Gasteiger partial charge in [0, 0.05) is 17.1 Å². The minimum Gasteiger partial charge on any atom is -0.497 e. The van der Waals surface area contributed by atoms with Crippen LogP contribution in [0.15, 0.2) is 48.5 Å². The quantitative estimate of drug-likeness (QED) is 0.169. The van der Waals surface area contributed by atoms with Crippen molar-refractivity contribution < 1.29 is 58.7 Å². The zero-order valence-electron chi connectivity index (χ0n) is 31.7. The highest BCUT2D eigenvalue weighted by atomic mass is 35.5. The Hall–Kier alpha value is -3.61. The maximum atomic E-state index is 15.6. The van der Waals surface area contributed by atoms with Crippen LogP contribution in [0.1, 0.15) is 52.2 Å². The topological polar surface area (TPSA) is 148 Å². The van der Waals surface area contributed by atoms with Crippen LogP contribution >= 0.6 is 11.6 Å². The zero-order valence-corrected chi connectivity index (χ0v) is 34.3. The van der Waals surface area contributed by atoms with Crippen molar-refractivity contribution in [1.82, 2.24) is 15.5 Å². The van der Waals surface area contributed by atoms with E-state index >= 15 is 8.78 Å². The molecule has 1 saturated heterocycles. The summed E-state index contributed by atoms with van der Waals surface area (Å²) in [6.45, 7) is 10.3. The van der Waals surface area contributed by atoms with Crippen molar-refractivity contribution in [3.63, 3.8) is 0 Å². The molecule has 306 valence electrons. The molecule has 19 heteroatoms. The van der Waals surface area contributed by atoms with E-state index in [2.05, 4.69) is 0 Å². The van der Waals surface area contributed by atoms with Gasteiger partial charge >= 0.3 is 12.1 Å². The number of alkyl halides is 5. The van der Waals surface area contributed by atoms with Gasteiger partial charge in [0.15, 0.2) is 18.2 Å². The molecular formula is C36H47ClF5N3O8SSi. The van der Waals surface area contributed by atoms with Gasteiger partial charge in [-0.05, 0) is 60.3 Å². The van der Waals surface area contributed by atoms with E-state index < -0.39 is 119 Å². The third-order valence-electron chi connectivity index (χ3n) is 9.90. The van der Waals surface area contributed by atoms with Gasteiger partial charge in [0.05, 0.1) is 30.8 Å². The number of amides is 3. The molecule has 4 atom stereocenters. The smallest absolute Gasteiger partial charge is 0.452 e. The van der Waals surface area contributed by atoms with Gasteiger partial charge in [-0.3, -0.25) is 19.2 Å². The highest BCUT2D eigenvalue weighted by molar-refractivity contribution is 7.91. The Kier molecular flexibility index (Phi) is 14.4. The van der Waals surface area contributed by atoms with Crippen molar-refractivity contribution in [2.45, 2.75) is 100 Å². The Labute approximate surface area is 323 Å². The first-order valence-electron chi connectivity index (χ1n) is 17.3. The molecule has 55 heavy (non-hydrogen) atoms. The van der Waals surface area contributed by atoms with Crippen LogP contribution in [0.2, 0.25) is 23.2 Å². The minimum absolute atomic E-state index is 0.101. The predicted molar refractivity (Wildman–Crippen MR) is 198 cm³/mol. The third-order valence-corrected chi connectivity index (χ3v) is 16.7. The number of benzene rings is 2. The van der Waals surface area contributed by atoms with Crippen LogP contribution in [0, 0.1) is 5.92 Å². The number of ketones is 1. The van der Waals surface area contributed by atoms with Crippen LogP contribution in [0.3, 0.4) is 0 Å². The van der Waals surface area contributed by atoms with Crippen molar-refractivity contribution in [2.75, 3.05) is 20.3 Å². The molecule has 2 N–H and O–H groups in total. The number of sulfone groups is 1. The second-order valence-corrected chi connectivity index (χ2v) is 22.8. The fourth-order valence-corrected chi connectivity index (χ4v) is 8.49. The number of nitrogens with zero attached hydrogens (tertiary/aromatic N) is 1. The number of carbonyl (C=O) groups is 4. The van der Waals surface area contributed by atoms with E-state index in [1.807, 2.05) is 31.4 Å². The van der Waals surface area contributed by atoms with Crippen LogP contribution < -0.4 is 15.4 Å². The molecule has 11 nitrogen and oxygen atoms in total. The van der Waals surface area contributed by atoms with Gasteiger partial charge in [-0.1, -0.05) is 70.5 Å². The second-order valence-electron chi connectivity index (χ2n) is 15.3. The maximum absolute atomic E-state index is 15.6. The van der Waals surface area contributed by atoms with Crippen LogP contribution in [-0.4, -0.2) is 95.0 Å². The first-order chi connectivity index (χ1) is 25.1. The molecule has 2 aromatic carbocycles. The van der Waals surface area contributed by atoms with Crippen LogP contribution in [-0.2, 0) is 45.1 Å². The molecule has 0 spiro atoms. The number of carbonyl (C=O) groups excluding carboxylic acids is 4. The van der Waals surface area contributed by atoms with Gasteiger partial charge in [0.1, 0.15) is 17.8 Å². The summed E-state index contributed by atoms with van der Waals surface area (Å²) in [5.41, 5.74) is -0.482. The molecule has 1 aliphatic rings. The molecule has 0 aromatic heterocycles. The lowest BCUT2D eigenvalue weighted by molar-refractivity contribution is -0.175. The number of rotatable bonds is 15. The zero-order chi connectivity index (χ0) is 41.9. The van der Waals surface area contributed by atoms with Gasteiger partial charge < -0.3 is 24.7 Å². The van der Waals surface area contributed by atoms with E-state index in [9.17, 15) is 40.8 Å². The number of ether oxygens (including phenoxy) is 1. The first kappa shape index (κ1) is 45.8. The first-order valence-corrected chi connectivity index (χ1v) is 22.3. The molecule has 1 aliphatic heterocycles. The Morgan fingerprint density at radius 3 is 2.09 bits per heavy atom. The summed E-state index contributed by atoms with van der Waals surface area (Å²) in [5, 5.41) is 2.00. The number of nitrogens with one attached hydrogen (secondary N) is 2. The number of hydrogen-bond acceptors (Lipinski definition) is 8. The monoisotopic (exact) mass is 839 g/mol. The lowest BCUT2D eigenvalue weighted by Crippen LogP contribution is -2.59. The maximum Gasteiger partial charge on any atom is 0.452 e. The SMILES string of the molecule is COc1ccc(CS(=O)(=O)[C@@H]2C[C@@H](C(=O)N[C@H](C(=O)C(F)(F)F)C(C)C)N(C(=O)[C@H](CO[Si](C)(C)C(C)(C)C)NC(=O)C(F)(F)c3cccc(Cl)c3)C2)cc1. The van der Waals surface area contributed by atoms with E-state index in [1.165, 1.54) is 57.4 Å². The van der Waals surface area contributed by atoms with Crippen molar-refractivity contribution in [2.24, 2.45) is 5.92 Å². The van der Waals surface area contributed by atoms with Crippen molar-refractivity contribution in [3.8, 4) is 5.75 Å². The number of hydrogen-bond donors (Lipinski definition) is 2. The molecule has 3 amide bonds. The van der Waals surface area contributed by atoms with E-state index in [4.69, 9.17) is 20.8 Å². The molecule has 3 rings (SSSR count). The van der Waals surface area contributed by atoms with Gasteiger partial charge in [0.2, 0.25) is 11.8 Å².